The van der Waals surface area contributed by atoms with Crippen LogP contribution in [0.15, 0.2) is 60.7 Å². The number of aliphatic hydroxyl groups excluding tert-OH is 1. The van der Waals surface area contributed by atoms with E-state index in [0.29, 0.717) is 0 Å². The van der Waals surface area contributed by atoms with Crippen molar-refractivity contribution >= 4 is 11.6 Å². The first kappa shape index (κ1) is 20.1. The van der Waals surface area contributed by atoms with E-state index in [-0.39, 0.29) is 17.7 Å². The number of anilines is 1. The molecule has 0 bridgehead atoms. The topological polar surface area (TPSA) is 52.6 Å². The highest BCUT2D eigenvalue weighted by Crippen LogP contribution is 2.44. The van der Waals surface area contributed by atoms with Crippen molar-refractivity contribution in [3.8, 4) is 0 Å². The van der Waals surface area contributed by atoms with Crippen molar-refractivity contribution in [3.05, 3.63) is 66.2 Å². The van der Waals surface area contributed by atoms with E-state index in [0.717, 1.165) is 50.9 Å². The molecular weight excluding hydrogens is 360 g/mol. The van der Waals surface area contributed by atoms with Crippen molar-refractivity contribution < 1.29 is 9.90 Å². The molecule has 0 radical (unpaired) electrons. The molecule has 3 atom stereocenters. The molecule has 0 aromatic heterocycles. The fourth-order valence-electron chi connectivity index (χ4n) is 4.98. The van der Waals surface area contributed by atoms with Crippen molar-refractivity contribution in [2.45, 2.75) is 50.7 Å². The summed E-state index contributed by atoms with van der Waals surface area (Å²) in [4.78, 5) is 15.5. The number of aryl methyl sites for hydroxylation is 1. The smallest absolute Gasteiger partial charge is 0.230 e. The fourth-order valence-corrected chi connectivity index (χ4v) is 4.98. The molecule has 1 saturated heterocycles. The molecule has 1 aliphatic heterocycles. The summed E-state index contributed by atoms with van der Waals surface area (Å²) in [5, 5.41) is 14.7. The number of piperidine rings is 1. The Hall–Kier alpha value is -2.17. The van der Waals surface area contributed by atoms with Crippen LogP contribution in [0.25, 0.3) is 0 Å². The van der Waals surface area contributed by atoms with Crippen LogP contribution in [0.4, 0.5) is 5.69 Å². The highest BCUT2D eigenvalue weighted by molar-refractivity contribution is 5.98. The first-order valence-electron chi connectivity index (χ1n) is 10.9. The molecule has 4 heteroatoms. The SMILES string of the molecule is CC(O)C1(N(C(=O)C2CC2)c2ccccc2)CCNCC1CCc1ccccc1. The zero-order valence-corrected chi connectivity index (χ0v) is 17.3. The van der Waals surface area contributed by atoms with Gasteiger partial charge in [0, 0.05) is 18.2 Å². The van der Waals surface area contributed by atoms with Crippen molar-refractivity contribution in [2.75, 3.05) is 18.0 Å². The van der Waals surface area contributed by atoms with Gasteiger partial charge in [-0.2, -0.15) is 0 Å². The predicted octanol–water partition coefficient (Wildman–Crippen LogP) is 3.79. The van der Waals surface area contributed by atoms with Gasteiger partial charge >= 0.3 is 0 Å². The number of hydrogen-bond acceptors (Lipinski definition) is 3. The van der Waals surface area contributed by atoms with Gasteiger partial charge in [0.2, 0.25) is 5.91 Å². The lowest BCUT2D eigenvalue weighted by molar-refractivity contribution is -0.123. The second-order valence-corrected chi connectivity index (χ2v) is 8.63. The number of benzene rings is 2. The quantitative estimate of drug-likeness (QED) is 0.754. The number of nitrogens with zero attached hydrogens (tertiary/aromatic N) is 1. The molecule has 1 heterocycles. The largest absolute Gasteiger partial charge is 0.391 e. The summed E-state index contributed by atoms with van der Waals surface area (Å²) in [6.45, 7) is 3.50. The summed E-state index contributed by atoms with van der Waals surface area (Å²) in [5.41, 5.74) is 1.63. The number of nitrogens with one attached hydrogen (secondary N) is 1. The number of para-hydroxylation sites is 1. The summed E-state index contributed by atoms with van der Waals surface area (Å²) in [7, 11) is 0. The van der Waals surface area contributed by atoms with E-state index < -0.39 is 11.6 Å². The maximum absolute atomic E-state index is 13.5. The third-order valence-corrected chi connectivity index (χ3v) is 6.73. The van der Waals surface area contributed by atoms with Crippen molar-refractivity contribution in [2.24, 2.45) is 11.8 Å². The molecule has 1 saturated carbocycles. The molecular formula is C25H32N2O2. The molecule has 2 N–H and O–H groups in total. The molecule has 2 fully saturated rings. The van der Waals surface area contributed by atoms with Gasteiger partial charge in [0.25, 0.3) is 0 Å². The number of rotatable bonds is 7. The predicted molar refractivity (Wildman–Crippen MR) is 117 cm³/mol. The van der Waals surface area contributed by atoms with Gasteiger partial charge in [-0.25, -0.2) is 0 Å². The van der Waals surface area contributed by atoms with Crippen LogP contribution in [0.3, 0.4) is 0 Å². The third-order valence-electron chi connectivity index (χ3n) is 6.73. The normalized spacial score (nSPS) is 25.4. The number of amides is 1. The van der Waals surface area contributed by atoms with E-state index in [4.69, 9.17) is 0 Å². The first-order chi connectivity index (χ1) is 14.1. The van der Waals surface area contributed by atoms with E-state index in [1.54, 1.807) is 0 Å². The Morgan fingerprint density at radius 2 is 1.79 bits per heavy atom. The molecule has 4 rings (SSSR count). The van der Waals surface area contributed by atoms with Gasteiger partial charge in [-0.1, -0.05) is 48.5 Å². The molecule has 2 aromatic carbocycles. The molecule has 2 aromatic rings. The minimum Gasteiger partial charge on any atom is -0.391 e. The highest BCUT2D eigenvalue weighted by Gasteiger charge is 2.53. The van der Waals surface area contributed by atoms with Crippen LogP contribution in [0.1, 0.15) is 38.2 Å². The first-order valence-corrected chi connectivity index (χ1v) is 10.9. The van der Waals surface area contributed by atoms with Crippen LogP contribution >= 0.6 is 0 Å². The molecule has 0 spiro atoms. The highest BCUT2D eigenvalue weighted by atomic mass is 16.3. The zero-order chi connectivity index (χ0) is 20.3. The molecule has 29 heavy (non-hydrogen) atoms. The summed E-state index contributed by atoms with van der Waals surface area (Å²) < 4.78 is 0. The minimum atomic E-state index is -0.603. The van der Waals surface area contributed by atoms with Crippen LogP contribution in [0, 0.1) is 11.8 Å². The maximum Gasteiger partial charge on any atom is 0.230 e. The van der Waals surface area contributed by atoms with Gasteiger partial charge < -0.3 is 15.3 Å². The summed E-state index contributed by atoms with van der Waals surface area (Å²) in [6.07, 6.45) is 3.96. The van der Waals surface area contributed by atoms with E-state index in [1.165, 1.54) is 5.56 Å². The van der Waals surface area contributed by atoms with Crippen LogP contribution in [0.5, 0.6) is 0 Å². The number of carbonyl (C=O) groups is 1. The van der Waals surface area contributed by atoms with Crippen molar-refractivity contribution in [1.82, 2.24) is 5.32 Å². The second kappa shape index (κ2) is 8.68. The Morgan fingerprint density at radius 3 is 2.41 bits per heavy atom. The van der Waals surface area contributed by atoms with Gasteiger partial charge in [-0.15, -0.1) is 0 Å². The fraction of sp³-hybridized carbons (Fsp3) is 0.480. The molecule has 4 nitrogen and oxygen atoms in total. The molecule has 3 unspecified atom stereocenters. The monoisotopic (exact) mass is 392 g/mol. The van der Waals surface area contributed by atoms with E-state index >= 15 is 0 Å². The van der Waals surface area contributed by atoms with Crippen molar-refractivity contribution in [3.63, 3.8) is 0 Å². The van der Waals surface area contributed by atoms with Crippen LogP contribution < -0.4 is 10.2 Å². The Labute approximate surface area is 173 Å². The molecule has 2 aliphatic rings. The lowest BCUT2D eigenvalue weighted by Crippen LogP contribution is -2.68. The lowest BCUT2D eigenvalue weighted by Gasteiger charge is -2.53. The maximum atomic E-state index is 13.5. The number of carbonyl (C=O) groups excluding carboxylic acids is 1. The van der Waals surface area contributed by atoms with Crippen LogP contribution in [-0.2, 0) is 11.2 Å². The average molecular weight is 393 g/mol. The van der Waals surface area contributed by atoms with E-state index in [1.807, 2.05) is 48.2 Å². The Kier molecular flexibility index (Phi) is 6.02. The standard InChI is InChI=1S/C25H32N2O2/c1-19(28)25(27(24(29)21-13-14-21)23-10-6-3-7-11-23)16-17-26-18-22(25)15-12-20-8-4-2-5-9-20/h2-11,19,21-22,26,28H,12-18H2,1H3. The van der Waals surface area contributed by atoms with Crippen molar-refractivity contribution in [1.29, 1.82) is 0 Å². The zero-order valence-electron chi connectivity index (χ0n) is 17.3. The van der Waals surface area contributed by atoms with Gasteiger partial charge in [0.05, 0.1) is 11.6 Å². The number of aliphatic hydroxyl groups is 1. The second-order valence-electron chi connectivity index (χ2n) is 8.63. The lowest BCUT2D eigenvalue weighted by atomic mass is 9.70. The summed E-state index contributed by atoms with van der Waals surface area (Å²) in [6, 6.07) is 20.5. The van der Waals surface area contributed by atoms with Gasteiger partial charge in [-0.3, -0.25) is 4.79 Å². The Morgan fingerprint density at radius 1 is 1.14 bits per heavy atom. The van der Waals surface area contributed by atoms with Gasteiger partial charge in [0.15, 0.2) is 0 Å². The van der Waals surface area contributed by atoms with Gasteiger partial charge in [-0.05, 0) is 69.2 Å². The van der Waals surface area contributed by atoms with Crippen LogP contribution in [0.2, 0.25) is 0 Å². The van der Waals surface area contributed by atoms with Gasteiger partial charge in [0.1, 0.15) is 0 Å². The third kappa shape index (κ3) is 4.10. The molecule has 1 amide bonds. The minimum absolute atomic E-state index is 0.107. The Balaban J connectivity index is 1.70. The van der Waals surface area contributed by atoms with E-state index in [2.05, 4.69) is 29.6 Å². The Bertz CT molecular complexity index is 804. The molecule has 154 valence electrons. The molecule has 1 aliphatic carbocycles. The van der Waals surface area contributed by atoms with Crippen LogP contribution in [-0.4, -0.2) is 35.7 Å². The van der Waals surface area contributed by atoms with E-state index in [9.17, 15) is 9.90 Å². The summed E-state index contributed by atoms with van der Waals surface area (Å²) >= 11 is 0. The number of hydrogen-bond donors (Lipinski definition) is 2. The average Bonchev–Trinajstić information content (AvgIpc) is 3.60. The summed E-state index contributed by atoms with van der Waals surface area (Å²) in [5.74, 6) is 0.471.